The van der Waals surface area contributed by atoms with Crippen LogP contribution < -0.4 is 5.32 Å². The smallest absolute Gasteiger partial charge is 0.328 e. The minimum Gasteiger partial charge on any atom is -0.467 e. The second kappa shape index (κ2) is 9.40. The van der Waals surface area contributed by atoms with Gasteiger partial charge in [0.1, 0.15) is 17.9 Å². The first-order valence-electron chi connectivity index (χ1n) is 10.1. The van der Waals surface area contributed by atoms with Crippen molar-refractivity contribution in [3.05, 3.63) is 88.2 Å². The van der Waals surface area contributed by atoms with Gasteiger partial charge in [0.05, 0.1) is 19.1 Å². The largest absolute Gasteiger partial charge is 0.467 e. The van der Waals surface area contributed by atoms with Crippen LogP contribution in [0.2, 0.25) is 5.02 Å². The number of halogens is 2. The van der Waals surface area contributed by atoms with Crippen LogP contribution >= 0.6 is 11.6 Å². The molecule has 2 atom stereocenters. The van der Waals surface area contributed by atoms with Crippen LogP contribution in [0.5, 0.6) is 0 Å². The number of hydrogen-bond donors (Lipinski definition) is 2. The molecule has 7 nitrogen and oxygen atoms in total. The van der Waals surface area contributed by atoms with Gasteiger partial charge in [0.25, 0.3) is 0 Å². The predicted molar refractivity (Wildman–Crippen MR) is 117 cm³/mol. The average molecular weight is 457 g/mol. The Bertz CT molecular complexity index is 1120. The lowest BCUT2D eigenvalue weighted by Crippen LogP contribution is -2.52. The number of imidazole rings is 1. The van der Waals surface area contributed by atoms with E-state index in [1.54, 1.807) is 12.1 Å². The summed E-state index contributed by atoms with van der Waals surface area (Å²) in [6.07, 6.45) is 2.32. The maximum absolute atomic E-state index is 14.8. The van der Waals surface area contributed by atoms with Crippen molar-refractivity contribution >= 4 is 23.6 Å². The highest BCUT2D eigenvalue weighted by atomic mass is 35.5. The van der Waals surface area contributed by atoms with Crippen LogP contribution in [0, 0.1) is 5.82 Å². The van der Waals surface area contributed by atoms with Crippen molar-refractivity contribution in [2.45, 2.75) is 24.9 Å². The van der Waals surface area contributed by atoms with E-state index >= 15 is 0 Å². The van der Waals surface area contributed by atoms with Gasteiger partial charge in [0.2, 0.25) is 0 Å². The van der Waals surface area contributed by atoms with Crippen LogP contribution in [-0.2, 0) is 22.4 Å². The Hall–Kier alpha value is -3.39. The topological polar surface area (TPSA) is 87.3 Å². The average Bonchev–Trinajstić information content (AvgIpc) is 3.27. The Kier molecular flexibility index (Phi) is 6.41. The Labute approximate surface area is 189 Å². The van der Waals surface area contributed by atoms with Gasteiger partial charge < -0.3 is 19.9 Å². The van der Waals surface area contributed by atoms with E-state index in [1.807, 2.05) is 30.3 Å². The number of esters is 1. The summed E-state index contributed by atoms with van der Waals surface area (Å²) < 4.78 is 19.7. The van der Waals surface area contributed by atoms with Crippen LogP contribution in [0.3, 0.4) is 0 Å². The molecule has 0 unspecified atom stereocenters. The second-order valence-electron chi connectivity index (χ2n) is 7.49. The van der Waals surface area contributed by atoms with Crippen molar-refractivity contribution < 1.29 is 18.7 Å². The first-order valence-corrected chi connectivity index (χ1v) is 10.5. The Morgan fingerprint density at radius 3 is 2.81 bits per heavy atom. The highest BCUT2D eigenvalue weighted by molar-refractivity contribution is 6.30. The van der Waals surface area contributed by atoms with Gasteiger partial charge in [0, 0.05) is 35.7 Å². The molecule has 2 amide bonds. The van der Waals surface area contributed by atoms with E-state index < -0.39 is 29.9 Å². The van der Waals surface area contributed by atoms with Crippen LogP contribution in [0.15, 0.2) is 54.9 Å². The van der Waals surface area contributed by atoms with Crippen molar-refractivity contribution in [1.29, 1.82) is 0 Å². The maximum Gasteiger partial charge on any atom is 0.328 e. The Morgan fingerprint density at radius 1 is 1.31 bits per heavy atom. The summed E-state index contributed by atoms with van der Waals surface area (Å²) in [5.41, 5.74) is 2.54. The summed E-state index contributed by atoms with van der Waals surface area (Å²) in [4.78, 5) is 34.6. The van der Waals surface area contributed by atoms with Crippen molar-refractivity contribution in [3.63, 3.8) is 0 Å². The fourth-order valence-electron chi connectivity index (χ4n) is 3.95. The zero-order chi connectivity index (χ0) is 22.7. The molecular weight excluding hydrogens is 435 g/mol. The Balaban J connectivity index is 1.63. The molecule has 0 spiro atoms. The van der Waals surface area contributed by atoms with Crippen LogP contribution in [0.25, 0.3) is 0 Å². The van der Waals surface area contributed by atoms with E-state index in [-0.39, 0.29) is 17.0 Å². The molecule has 0 radical (unpaired) electrons. The van der Waals surface area contributed by atoms with Gasteiger partial charge in [-0.1, -0.05) is 48.0 Å². The molecule has 0 saturated carbocycles. The number of amides is 2. The second-order valence-corrected chi connectivity index (χ2v) is 7.93. The number of nitrogens with one attached hydrogen (secondary N) is 2. The van der Waals surface area contributed by atoms with Crippen molar-refractivity contribution in [2.24, 2.45) is 0 Å². The number of methoxy groups -OCH3 is 1. The number of rotatable bonds is 5. The van der Waals surface area contributed by atoms with Gasteiger partial charge in [-0.05, 0) is 17.7 Å². The third-order valence-electron chi connectivity index (χ3n) is 5.51. The van der Waals surface area contributed by atoms with E-state index in [1.165, 1.54) is 24.4 Å². The minimum absolute atomic E-state index is 0.258. The number of carbonyl (C=O) groups is 2. The molecule has 2 N–H and O–H groups in total. The van der Waals surface area contributed by atoms with E-state index in [0.29, 0.717) is 18.7 Å². The molecule has 166 valence electrons. The van der Waals surface area contributed by atoms with Crippen molar-refractivity contribution in [3.8, 4) is 0 Å². The van der Waals surface area contributed by atoms with Crippen molar-refractivity contribution in [1.82, 2.24) is 20.2 Å². The fraction of sp³-hybridized carbons (Fsp3) is 0.261. The molecule has 1 aliphatic heterocycles. The zero-order valence-electron chi connectivity index (χ0n) is 17.3. The molecule has 1 aliphatic rings. The van der Waals surface area contributed by atoms with Gasteiger partial charge in [-0.25, -0.2) is 19.0 Å². The third kappa shape index (κ3) is 4.45. The first kappa shape index (κ1) is 21.8. The monoisotopic (exact) mass is 456 g/mol. The quantitative estimate of drug-likeness (QED) is 0.574. The van der Waals surface area contributed by atoms with E-state index in [9.17, 15) is 14.0 Å². The molecule has 0 fully saturated rings. The predicted octanol–water partition coefficient (Wildman–Crippen LogP) is 3.64. The minimum atomic E-state index is -0.897. The van der Waals surface area contributed by atoms with Crippen molar-refractivity contribution in [2.75, 3.05) is 13.7 Å². The number of urea groups is 1. The lowest BCUT2D eigenvalue weighted by Gasteiger charge is -2.36. The number of ether oxygens (including phenoxy) is 1. The highest BCUT2D eigenvalue weighted by Crippen LogP contribution is 2.35. The summed E-state index contributed by atoms with van der Waals surface area (Å²) in [7, 11) is 1.27. The van der Waals surface area contributed by atoms with E-state index in [4.69, 9.17) is 16.3 Å². The summed E-state index contributed by atoms with van der Waals surface area (Å²) in [6, 6.07) is 11.5. The summed E-state index contributed by atoms with van der Waals surface area (Å²) in [5, 5.41) is 3.02. The molecule has 0 aliphatic carbocycles. The van der Waals surface area contributed by atoms with Gasteiger partial charge in [-0.15, -0.1) is 0 Å². The number of carbonyl (C=O) groups excluding carboxylic acids is 2. The van der Waals surface area contributed by atoms with Crippen LogP contribution in [-0.4, -0.2) is 46.6 Å². The van der Waals surface area contributed by atoms with Crippen LogP contribution in [0.4, 0.5) is 9.18 Å². The number of fused-ring (bicyclic) bond motifs is 1. The van der Waals surface area contributed by atoms with E-state index in [2.05, 4.69) is 15.3 Å². The van der Waals surface area contributed by atoms with Crippen LogP contribution in [0.1, 0.15) is 28.6 Å². The lowest BCUT2D eigenvalue weighted by atomic mass is 9.95. The van der Waals surface area contributed by atoms with Gasteiger partial charge in [-0.2, -0.15) is 0 Å². The molecule has 4 rings (SSSR count). The number of hydrogen-bond acceptors (Lipinski definition) is 4. The van der Waals surface area contributed by atoms with E-state index in [0.717, 1.165) is 11.3 Å². The first-order chi connectivity index (χ1) is 15.5. The Morgan fingerprint density at radius 2 is 2.09 bits per heavy atom. The zero-order valence-corrected chi connectivity index (χ0v) is 18.1. The molecule has 0 saturated heterocycles. The normalized spacial score (nSPS) is 16.2. The molecule has 2 aromatic carbocycles. The SMILES string of the molecule is COC(=O)[C@H](Cc1ccccc1)NC(=O)N1CCc2[nH]cnc2[C@H]1c1ccc(Cl)cc1F. The molecule has 32 heavy (non-hydrogen) atoms. The molecule has 2 heterocycles. The fourth-order valence-corrected chi connectivity index (χ4v) is 4.11. The number of benzene rings is 2. The summed E-state index contributed by atoms with van der Waals surface area (Å²) in [6.45, 7) is 0.312. The third-order valence-corrected chi connectivity index (χ3v) is 5.74. The standard InChI is InChI=1S/C23H22ClFN4O3/c1-32-22(30)19(11-14-5-3-2-4-6-14)28-23(31)29-10-9-18-20(27-13-26-18)21(29)16-8-7-15(24)12-17(16)25/h2-8,12-13,19,21H,9-11H2,1H3,(H,26,27)(H,28,31)/t19-,21+/m0/s1. The van der Waals surface area contributed by atoms with Gasteiger partial charge >= 0.3 is 12.0 Å². The van der Waals surface area contributed by atoms with Gasteiger partial charge in [0.15, 0.2) is 0 Å². The number of aromatic amines is 1. The molecule has 1 aromatic heterocycles. The maximum atomic E-state index is 14.8. The lowest BCUT2D eigenvalue weighted by molar-refractivity contribution is -0.142. The summed E-state index contributed by atoms with van der Waals surface area (Å²) >= 11 is 5.92. The molecule has 0 bridgehead atoms. The molecule has 9 heteroatoms. The number of nitrogens with zero attached hydrogens (tertiary/aromatic N) is 2. The highest BCUT2D eigenvalue weighted by Gasteiger charge is 2.37. The van der Waals surface area contributed by atoms with Gasteiger partial charge in [-0.3, -0.25) is 0 Å². The molecular formula is C23H22ClFN4O3. The number of H-pyrrole nitrogens is 1. The molecule has 3 aromatic rings. The summed E-state index contributed by atoms with van der Waals surface area (Å²) in [5.74, 6) is -1.10. The number of aromatic nitrogens is 2.